The summed E-state index contributed by atoms with van der Waals surface area (Å²) in [4.78, 5) is 25.8. The first-order valence-corrected chi connectivity index (χ1v) is 12.8. The van der Waals surface area contributed by atoms with Gasteiger partial charge in [-0.3, -0.25) is 18.8 Å². The first-order valence-electron chi connectivity index (χ1n) is 11.1. The molecule has 1 amide bonds. The van der Waals surface area contributed by atoms with Crippen molar-refractivity contribution in [1.29, 1.82) is 0 Å². The van der Waals surface area contributed by atoms with Gasteiger partial charge in [-0.15, -0.1) is 16.8 Å². The smallest absolute Gasteiger partial charge is 0.295 e. The Hall–Kier alpha value is -3.57. The van der Waals surface area contributed by atoms with Gasteiger partial charge >= 0.3 is 0 Å². The minimum absolute atomic E-state index is 0.0575. The number of hydrogen-bond donors (Lipinski definition) is 1. The Morgan fingerprint density at radius 1 is 1.17 bits per heavy atom. The number of hydrogen-bond acceptors (Lipinski definition) is 6. The summed E-state index contributed by atoms with van der Waals surface area (Å²) in [6.45, 7) is 6.28. The maximum absolute atomic E-state index is 13.0. The minimum atomic E-state index is -0.313. The predicted octanol–water partition coefficient (Wildman–Crippen LogP) is 4.33. The summed E-state index contributed by atoms with van der Waals surface area (Å²) in [5.41, 5.74) is 1.34. The van der Waals surface area contributed by atoms with Crippen LogP contribution in [0.4, 0.5) is 5.69 Å². The molecule has 0 spiro atoms. The number of carbonyl (C=O) groups is 1. The Balaban J connectivity index is 1.43. The lowest BCUT2D eigenvalue weighted by molar-refractivity contribution is -0.113. The Morgan fingerprint density at radius 3 is 2.58 bits per heavy atom. The molecule has 0 saturated carbocycles. The standard InChI is InChI=1S/C25H25BrN6O3S/c1-4-14-31-21(15-35-20-12-10-18(26)11-13-20)28-29-25(31)36-16-22(33)27-23-17(2)30(3)32(24(23)34)19-8-6-5-7-9-19/h4-13H,1,14-16H2,2-3H3,(H,27,33). The molecule has 1 N–H and O–H groups in total. The van der Waals surface area contributed by atoms with Crippen LogP contribution in [0.1, 0.15) is 11.5 Å². The zero-order valence-electron chi connectivity index (χ0n) is 19.8. The van der Waals surface area contributed by atoms with Gasteiger partial charge in [-0.2, -0.15) is 0 Å². The van der Waals surface area contributed by atoms with Crippen LogP contribution in [0.2, 0.25) is 0 Å². The molecule has 36 heavy (non-hydrogen) atoms. The van der Waals surface area contributed by atoms with E-state index in [9.17, 15) is 9.59 Å². The second kappa shape index (κ2) is 11.4. The average Bonchev–Trinajstić information content (AvgIpc) is 3.36. The normalized spacial score (nSPS) is 10.9. The van der Waals surface area contributed by atoms with Crippen molar-refractivity contribution < 1.29 is 9.53 Å². The number of para-hydroxylation sites is 1. The van der Waals surface area contributed by atoms with Crippen LogP contribution in [0.25, 0.3) is 5.69 Å². The molecule has 4 rings (SSSR count). The highest BCUT2D eigenvalue weighted by Crippen LogP contribution is 2.21. The fraction of sp³-hybridized carbons (Fsp3) is 0.200. The summed E-state index contributed by atoms with van der Waals surface area (Å²) in [6, 6.07) is 16.8. The first-order chi connectivity index (χ1) is 17.4. The van der Waals surface area contributed by atoms with Crippen molar-refractivity contribution in [2.24, 2.45) is 7.05 Å². The molecule has 186 valence electrons. The van der Waals surface area contributed by atoms with Gasteiger partial charge < -0.3 is 10.1 Å². The van der Waals surface area contributed by atoms with Gasteiger partial charge in [0.25, 0.3) is 5.56 Å². The van der Waals surface area contributed by atoms with Crippen molar-refractivity contribution in [3.05, 3.63) is 93.6 Å². The van der Waals surface area contributed by atoms with Crippen LogP contribution in [0.15, 0.2) is 81.7 Å². The van der Waals surface area contributed by atoms with E-state index in [1.807, 2.05) is 59.2 Å². The van der Waals surface area contributed by atoms with Crippen LogP contribution in [-0.2, 0) is 25.0 Å². The molecule has 2 heterocycles. The topological polar surface area (TPSA) is 96.0 Å². The Kier molecular flexibility index (Phi) is 8.11. The molecule has 0 unspecified atom stereocenters. The van der Waals surface area contributed by atoms with Crippen LogP contribution >= 0.6 is 27.7 Å². The lowest BCUT2D eigenvalue weighted by atomic mass is 10.3. The van der Waals surface area contributed by atoms with E-state index in [-0.39, 0.29) is 29.5 Å². The van der Waals surface area contributed by atoms with Gasteiger partial charge in [-0.25, -0.2) is 4.68 Å². The van der Waals surface area contributed by atoms with Crippen molar-refractivity contribution in [3.8, 4) is 11.4 Å². The number of allylic oxidation sites excluding steroid dienone is 1. The lowest BCUT2D eigenvalue weighted by Crippen LogP contribution is -2.23. The van der Waals surface area contributed by atoms with Crippen LogP contribution in [0.5, 0.6) is 5.75 Å². The predicted molar refractivity (Wildman–Crippen MR) is 144 cm³/mol. The Bertz CT molecular complexity index is 1430. The van der Waals surface area contributed by atoms with Crippen molar-refractivity contribution in [2.45, 2.75) is 25.2 Å². The summed E-state index contributed by atoms with van der Waals surface area (Å²) in [5, 5.41) is 11.8. The molecule has 0 aliphatic carbocycles. The van der Waals surface area contributed by atoms with Crippen molar-refractivity contribution in [2.75, 3.05) is 11.1 Å². The highest BCUT2D eigenvalue weighted by atomic mass is 79.9. The van der Waals surface area contributed by atoms with Gasteiger partial charge in [0.15, 0.2) is 11.0 Å². The Labute approximate surface area is 220 Å². The molecule has 11 heteroatoms. The van der Waals surface area contributed by atoms with Gasteiger partial charge in [0, 0.05) is 18.1 Å². The molecular weight excluding hydrogens is 544 g/mol. The largest absolute Gasteiger partial charge is 0.486 e. The van der Waals surface area contributed by atoms with E-state index in [0.717, 1.165) is 10.2 Å². The molecular formula is C25H25BrN6O3S. The van der Waals surface area contributed by atoms with E-state index >= 15 is 0 Å². The zero-order chi connectivity index (χ0) is 25.7. The van der Waals surface area contributed by atoms with E-state index in [4.69, 9.17) is 4.74 Å². The van der Waals surface area contributed by atoms with Crippen molar-refractivity contribution in [3.63, 3.8) is 0 Å². The number of carbonyl (C=O) groups excluding carboxylic acids is 1. The molecule has 0 fully saturated rings. The van der Waals surface area contributed by atoms with E-state index in [1.165, 1.54) is 16.4 Å². The second-order valence-electron chi connectivity index (χ2n) is 7.81. The van der Waals surface area contributed by atoms with E-state index < -0.39 is 0 Å². The first kappa shape index (κ1) is 25.5. The molecule has 0 saturated heterocycles. The second-order valence-corrected chi connectivity index (χ2v) is 9.67. The molecule has 4 aromatic rings. The molecule has 0 atom stereocenters. The lowest BCUT2D eigenvalue weighted by Gasteiger charge is -2.09. The number of rotatable bonds is 10. The summed E-state index contributed by atoms with van der Waals surface area (Å²) in [5.74, 6) is 1.07. The number of amides is 1. The molecule has 0 bridgehead atoms. The average molecular weight is 569 g/mol. The quantitative estimate of drug-likeness (QED) is 0.226. The van der Waals surface area contributed by atoms with E-state index in [2.05, 4.69) is 38.0 Å². The van der Waals surface area contributed by atoms with Crippen LogP contribution in [-0.4, -0.2) is 35.8 Å². The molecule has 0 aliphatic heterocycles. The highest BCUT2D eigenvalue weighted by molar-refractivity contribution is 9.10. The fourth-order valence-corrected chi connectivity index (χ4v) is 4.57. The summed E-state index contributed by atoms with van der Waals surface area (Å²) in [6.07, 6.45) is 1.73. The molecule has 9 nitrogen and oxygen atoms in total. The third-order valence-corrected chi connectivity index (χ3v) is 6.93. The van der Waals surface area contributed by atoms with Gasteiger partial charge in [-0.05, 0) is 43.3 Å². The number of ether oxygens (including phenoxy) is 1. The molecule has 2 aromatic heterocycles. The number of halogens is 1. The van der Waals surface area contributed by atoms with Crippen LogP contribution in [0.3, 0.4) is 0 Å². The number of anilines is 1. The third-order valence-electron chi connectivity index (χ3n) is 5.44. The number of nitrogens with zero attached hydrogens (tertiary/aromatic N) is 5. The molecule has 0 aliphatic rings. The maximum Gasteiger partial charge on any atom is 0.295 e. The monoisotopic (exact) mass is 568 g/mol. The van der Waals surface area contributed by atoms with Crippen LogP contribution in [0, 0.1) is 6.92 Å². The van der Waals surface area contributed by atoms with E-state index in [1.54, 1.807) is 24.7 Å². The minimum Gasteiger partial charge on any atom is -0.486 e. The summed E-state index contributed by atoms with van der Waals surface area (Å²) >= 11 is 4.63. The van der Waals surface area contributed by atoms with Crippen molar-refractivity contribution >= 4 is 39.3 Å². The Morgan fingerprint density at radius 2 is 1.89 bits per heavy atom. The SMILES string of the molecule is C=CCn1c(COc2ccc(Br)cc2)nnc1SCC(=O)Nc1c(C)n(C)n(-c2ccccc2)c1=O. The van der Waals surface area contributed by atoms with E-state index in [0.29, 0.717) is 29.0 Å². The fourth-order valence-electron chi connectivity index (χ4n) is 3.54. The number of thioether (sulfide) groups is 1. The van der Waals surface area contributed by atoms with Gasteiger partial charge in [0.2, 0.25) is 5.91 Å². The highest BCUT2D eigenvalue weighted by Gasteiger charge is 2.19. The molecule has 0 radical (unpaired) electrons. The number of benzene rings is 2. The maximum atomic E-state index is 13.0. The van der Waals surface area contributed by atoms with Crippen LogP contribution < -0.4 is 15.6 Å². The third kappa shape index (κ3) is 5.63. The number of aromatic nitrogens is 5. The van der Waals surface area contributed by atoms with Gasteiger partial charge in [0.1, 0.15) is 18.0 Å². The van der Waals surface area contributed by atoms with Crippen molar-refractivity contribution in [1.82, 2.24) is 24.1 Å². The van der Waals surface area contributed by atoms with Gasteiger partial charge in [-0.1, -0.05) is 52.0 Å². The molecule has 2 aromatic carbocycles. The summed E-state index contributed by atoms with van der Waals surface area (Å²) < 4.78 is 11.9. The number of nitrogens with one attached hydrogen (secondary N) is 1. The zero-order valence-corrected chi connectivity index (χ0v) is 22.3. The summed E-state index contributed by atoms with van der Waals surface area (Å²) in [7, 11) is 1.78. The van der Waals surface area contributed by atoms with Gasteiger partial charge in [0.05, 0.1) is 17.1 Å².